The molecule has 2 fully saturated rings. The van der Waals surface area contributed by atoms with Crippen molar-refractivity contribution in [3.8, 4) is 17.5 Å². The van der Waals surface area contributed by atoms with Crippen LogP contribution in [0.5, 0.6) is 0 Å². The predicted molar refractivity (Wildman–Crippen MR) is 146 cm³/mol. The molecule has 2 atom stereocenters. The van der Waals surface area contributed by atoms with E-state index in [4.69, 9.17) is 10.2 Å². The monoisotopic (exact) mass is 511 g/mol. The molecular formula is C31H37N5O2. The van der Waals surface area contributed by atoms with E-state index < -0.39 is 11.0 Å². The highest BCUT2D eigenvalue weighted by atomic mass is 16.4. The van der Waals surface area contributed by atoms with Crippen molar-refractivity contribution in [2.24, 2.45) is 5.73 Å². The van der Waals surface area contributed by atoms with Crippen molar-refractivity contribution in [2.75, 3.05) is 6.54 Å². The van der Waals surface area contributed by atoms with Gasteiger partial charge in [0.05, 0.1) is 17.0 Å². The van der Waals surface area contributed by atoms with Gasteiger partial charge in [0.15, 0.2) is 0 Å². The fraction of sp³-hybridized carbons (Fsp3) is 0.484. The van der Waals surface area contributed by atoms with E-state index in [1.807, 2.05) is 60.4 Å². The maximum Gasteiger partial charge on any atom is 0.254 e. The van der Waals surface area contributed by atoms with E-state index in [9.17, 15) is 10.1 Å². The third kappa shape index (κ3) is 5.10. The number of carbonyl (C=O) groups excluding carboxylic acids is 1. The van der Waals surface area contributed by atoms with Gasteiger partial charge in [-0.2, -0.15) is 5.26 Å². The van der Waals surface area contributed by atoms with Crippen molar-refractivity contribution in [3.63, 3.8) is 0 Å². The Bertz CT molecular complexity index is 1320. The van der Waals surface area contributed by atoms with Gasteiger partial charge in [0.1, 0.15) is 0 Å². The maximum atomic E-state index is 13.8. The Morgan fingerprint density at radius 3 is 2.66 bits per heavy atom. The number of likely N-dealkylation sites (tertiary alicyclic amines) is 1. The molecule has 7 heteroatoms. The molecule has 198 valence electrons. The minimum atomic E-state index is -0.856. The van der Waals surface area contributed by atoms with Crippen LogP contribution in [0.15, 0.2) is 52.9 Å². The van der Waals surface area contributed by atoms with Gasteiger partial charge in [0, 0.05) is 23.7 Å². The Morgan fingerprint density at radius 2 is 1.95 bits per heavy atom. The Balaban J connectivity index is 1.52. The lowest BCUT2D eigenvalue weighted by molar-refractivity contribution is 0.0730. The summed E-state index contributed by atoms with van der Waals surface area (Å²) in [6, 6.07) is 18.6. The summed E-state index contributed by atoms with van der Waals surface area (Å²) in [5, 5.41) is 18.9. The summed E-state index contributed by atoms with van der Waals surface area (Å²) in [6.45, 7) is 4.81. The fourth-order valence-electron chi connectivity index (χ4n) is 6.16. The first-order valence-electron chi connectivity index (χ1n) is 13.9. The first-order valence-corrected chi connectivity index (χ1v) is 13.9. The molecule has 0 unspecified atom stereocenters. The van der Waals surface area contributed by atoms with Gasteiger partial charge in [0.25, 0.3) is 5.91 Å². The molecule has 7 nitrogen and oxygen atoms in total. The zero-order valence-corrected chi connectivity index (χ0v) is 22.4. The first-order chi connectivity index (χ1) is 18.3. The highest BCUT2D eigenvalue weighted by Crippen LogP contribution is 2.42. The van der Waals surface area contributed by atoms with E-state index in [2.05, 4.69) is 23.2 Å². The van der Waals surface area contributed by atoms with Crippen molar-refractivity contribution < 1.29 is 9.21 Å². The van der Waals surface area contributed by atoms with Crippen molar-refractivity contribution in [1.29, 1.82) is 5.26 Å². The number of benzene rings is 2. The van der Waals surface area contributed by atoms with E-state index >= 15 is 0 Å². The minimum absolute atomic E-state index is 0.0163. The third-order valence-corrected chi connectivity index (χ3v) is 8.24. The van der Waals surface area contributed by atoms with E-state index in [1.165, 1.54) is 0 Å². The summed E-state index contributed by atoms with van der Waals surface area (Å²) in [5.74, 6) is 0.675. The van der Waals surface area contributed by atoms with Crippen LogP contribution in [-0.2, 0) is 17.4 Å². The van der Waals surface area contributed by atoms with Gasteiger partial charge in [-0.25, -0.2) is 0 Å². The Labute approximate surface area is 225 Å². The highest BCUT2D eigenvalue weighted by Gasteiger charge is 2.38. The molecule has 0 spiro atoms. The van der Waals surface area contributed by atoms with E-state index in [1.54, 1.807) is 0 Å². The van der Waals surface area contributed by atoms with Gasteiger partial charge in [-0.05, 0) is 74.8 Å². The van der Waals surface area contributed by atoms with Gasteiger partial charge >= 0.3 is 0 Å². The van der Waals surface area contributed by atoms with Gasteiger partial charge in [-0.1, -0.05) is 56.5 Å². The Morgan fingerprint density at radius 1 is 1.18 bits per heavy atom. The summed E-state index contributed by atoms with van der Waals surface area (Å²) >= 11 is 0. The molecule has 38 heavy (non-hydrogen) atoms. The van der Waals surface area contributed by atoms with E-state index in [0.717, 1.165) is 69.0 Å². The van der Waals surface area contributed by atoms with E-state index in [-0.39, 0.29) is 11.9 Å². The van der Waals surface area contributed by atoms with Crippen LogP contribution in [0.3, 0.4) is 0 Å². The summed E-state index contributed by atoms with van der Waals surface area (Å²) in [6.07, 6.45) is 8.23. The molecule has 1 aliphatic heterocycles. The number of hydrogen-bond acceptors (Lipinski definition) is 6. The van der Waals surface area contributed by atoms with Crippen LogP contribution in [0.2, 0.25) is 0 Å². The first kappa shape index (κ1) is 26.1. The molecule has 2 aliphatic rings. The lowest BCUT2D eigenvalue weighted by atomic mass is 9.79. The van der Waals surface area contributed by atoms with Crippen molar-refractivity contribution >= 4 is 5.91 Å². The van der Waals surface area contributed by atoms with Crippen LogP contribution in [0.25, 0.3) is 11.5 Å². The number of nitrogens with zero attached hydrogens (tertiary/aromatic N) is 4. The molecule has 1 saturated carbocycles. The molecule has 2 heterocycles. The van der Waals surface area contributed by atoms with Crippen LogP contribution in [0, 0.1) is 11.3 Å². The smallest absolute Gasteiger partial charge is 0.254 e. The van der Waals surface area contributed by atoms with Gasteiger partial charge in [-0.3, -0.25) is 4.79 Å². The second-order valence-corrected chi connectivity index (χ2v) is 11.3. The number of nitriles is 1. The summed E-state index contributed by atoms with van der Waals surface area (Å²) in [4.78, 5) is 15.8. The SMILES string of the molecule is CCC[C@H]1CCCN1C(=O)c1cc(-c2nnc([C@](C)(N)Cc3ccccc3)o2)cc(C2(C#N)CCCC2)c1. The Kier molecular flexibility index (Phi) is 7.36. The number of hydrogen-bond donors (Lipinski definition) is 1. The van der Waals surface area contributed by atoms with Crippen LogP contribution in [-0.4, -0.2) is 33.6 Å². The standard InChI is InChI=1S/C31H37N5O2/c1-3-10-26-13-9-16-36(26)28(37)24-17-23(18-25(19-24)31(21-32)14-7-8-15-31)27-34-35-29(38-27)30(2,33)20-22-11-5-4-6-12-22/h4-6,11-12,17-19,26H,3,7-10,13-16,20,33H2,1-2H3/t26-,30+/m0/s1. The van der Waals surface area contributed by atoms with E-state index in [0.29, 0.717) is 29.3 Å². The van der Waals surface area contributed by atoms with Gasteiger partial charge < -0.3 is 15.1 Å². The van der Waals surface area contributed by atoms with Crippen molar-refractivity contribution in [1.82, 2.24) is 15.1 Å². The second-order valence-electron chi connectivity index (χ2n) is 11.3. The number of carbonyl (C=O) groups is 1. The molecule has 5 rings (SSSR count). The van der Waals surface area contributed by atoms with Crippen LogP contribution < -0.4 is 5.73 Å². The lowest BCUT2D eigenvalue weighted by Gasteiger charge is -2.26. The van der Waals surface area contributed by atoms with Crippen molar-refractivity contribution in [3.05, 3.63) is 71.1 Å². The average molecular weight is 512 g/mol. The number of nitrogens with two attached hydrogens (primary N) is 1. The molecule has 1 amide bonds. The number of amides is 1. The summed E-state index contributed by atoms with van der Waals surface area (Å²) in [5.41, 5.74) is 8.37. The molecular weight excluding hydrogens is 474 g/mol. The zero-order valence-electron chi connectivity index (χ0n) is 22.4. The topological polar surface area (TPSA) is 109 Å². The molecule has 1 aliphatic carbocycles. The van der Waals surface area contributed by atoms with Gasteiger partial charge in [0.2, 0.25) is 11.8 Å². The normalized spacial score (nSPS) is 20.3. The summed E-state index contributed by atoms with van der Waals surface area (Å²) < 4.78 is 6.16. The van der Waals surface area contributed by atoms with Crippen LogP contribution in [0.1, 0.15) is 92.6 Å². The molecule has 2 aromatic carbocycles. The number of rotatable bonds is 8. The zero-order chi connectivity index (χ0) is 26.8. The largest absolute Gasteiger partial charge is 0.419 e. The Hall–Kier alpha value is -3.50. The van der Waals surface area contributed by atoms with Crippen molar-refractivity contribution in [2.45, 2.75) is 88.6 Å². The number of aromatic nitrogens is 2. The third-order valence-electron chi connectivity index (χ3n) is 8.24. The molecule has 1 aromatic heterocycles. The quantitative estimate of drug-likeness (QED) is 0.404. The van der Waals surface area contributed by atoms with Crippen LogP contribution >= 0.6 is 0 Å². The average Bonchev–Trinajstić information content (AvgIpc) is 3.70. The summed E-state index contributed by atoms with van der Waals surface area (Å²) in [7, 11) is 0. The fourth-order valence-corrected chi connectivity index (χ4v) is 6.16. The molecule has 0 radical (unpaired) electrons. The molecule has 2 N–H and O–H groups in total. The predicted octanol–water partition coefficient (Wildman–Crippen LogP) is 5.89. The lowest BCUT2D eigenvalue weighted by Crippen LogP contribution is -2.36. The molecule has 3 aromatic rings. The second kappa shape index (κ2) is 10.7. The van der Waals surface area contributed by atoms with Crippen LogP contribution in [0.4, 0.5) is 0 Å². The minimum Gasteiger partial charge on any atom is -0.419 e. The molecule has 1 saturated heterocycles. The highest BCUT2D eigenvalue weighted by molar-refractivity contribution is 5.96. The maximum absolute atomic E-state index is 13.8. The molecule has 0 bridgehead atoms. The van der Waals surface area contributed by atoms with Gasteiger partial charge in [-0.15, -0.1) is 10.2 Å².